The average Bonchev–Trinajstić information content (AvgIpc) is 3.02. The van der Waals surface area contributed by atoms with E-state index in [9.17, 15) is 18.8 Å². The van der Waals surface area contributed by atoms with Crippen molar-refractivity contribution in [1.82, 2.24) is 15.1 Å². The highest BCUT2D eigenvalue weighted by Gasteiger charge is 2.54. The summed E-state index contributed by atoms with van der Waals surface area (Å²) in [6.07, 6.45) is 1.52. The first-order valence-corrected chi connectivity index (χ1v) is 10.5. The summed E-state index contributed by atoms with van der Waals surface area (Å²) >= 11 is 0. The molecule has 0 aromatic heterocycles. The summed E-state index contributed by atoms with van der Waals surface area (Å²) in [6.45, 7) is 4.05. The summed E-state index contributed by atoms with van der Waals surface area (Å²) < 4.78 is 18.8. The van der Waals surface area contributed by atoms with Crippen LogP contribution in [0.3, 0.4) is 0 Å². The van der Waals surface area contributed by atoms with Crippen LogP contribution >= 0.6 is 0 Å². The number of likely N-dealkylation sites (tertiary alicyclic amines) is 2. The van der Waals surface area contributed by atoms with E-state index < -0.39 is 11.5 Å². The minimum Gasteiger partial charge on any atom is -0.383 e. The molecule has 0 unspecified atom stereocenters. The summed E-state index contributed by atoms with van der Waals surface area (Å²) in [7, 11) is 1.57. The average molecular weight is 419 g/mol. The van der Waals surface area contributed by atoms with Crippen molar-refractivity contribution in [1.29, 1.82) is 0 Å². The van der Waals surface area contributed by atoms with Crippen LogP contribution < -0.4 is 5.32 Å². The maximum Gasteiger partial charge on any atom is 0.242 e. The van der Waals surface area contributed by atoms with Gasteiger partial charge in [0.25, 0.3) is 0 Å². The number of amides is 3. The van der Waals surface area contributed by atoms with Crippen molar-refractivity contribution in [3.63, 3.8) is 0 Å². The number of piperidine rings is 1. The fourth-order valence-electron chi connectivity index (χ4n) is 4.52. The first-order chi connectivity index (χ1) is 14.4. The highest BCUT2D eigenvalue weighted by atomic mass is 19.1. The van der Waals surface area contributed by atoms with E-state index in [-0.39, 0.29) is 30.0 Å². The molecule has 1 aromatic rings. The molecule has 1 spiro atoms. The predicted octanol–water partition coefficient (Wildman–Crippen LogP) is 1.36. The van der Waals surface area contributed by atoms with Gasteiger partial charge in [0.05, 0.1) is 18.4 Å². The molecule has 2 heterocycles. The maximum absolute atomic E-state index is 13.9. The summed E-state index contributed by atoms with van der Waals surface area (Å²) in [6, 6.07) is 5.79. The molecule has 0 saturated carbocycles. The van der Waals surface area contributed by atoms with Crippen LogP contribution in [0.1, 0.15) is 31.7 Å². The van der Waals surface area contributed by atoms with Gasteiger partial charge in [0.2, 0.25) is 17.7 Å². The van der Waals surface area contributed by atoms with Crippen LogP contribution in [-0.2, 0) is 25.5 Å². The van der Waals surface area contributed by atoms with Crippen molar-refractivity contribution >= 4 is 17.7 Å². The molecule has 3 rings (SSSR count). The Kier molecular flexibility index (Phi) is 7.07. The summed E-state index contributed by atoms with van der Waals surface area (Å²) in [5.41, 5.74) is -0.224. The van der Waals surface area contributed by atoms with Crippen molar-refractivity contribution in [3.05, 3.63) is 35.6 Å². The van der Waals surface area contributed by atoms with Crippen molar-refractivity contribution < 1.29 is 23.5 Å². The number of methoxy groups -OCH3 is 1. The van der Waals surface area contributed by atoms with Gasteiger partial charge in [-0.15, -0.1) is 0 Å². The van der Waals surface area contributed by atoms with E-state index in [2.05, 4.69) is 5.32 Å². The number of carbonyl (C=O) groups excluding carboxylic acids is 3. The number of halogens is 1. The van der Waals surface area contributed by atoms with Gasteiger partial charge in [-0.25, -0.2) is 4.39 Å². The number of hydrogen-bond acceptors (Lipinski definition) is 4. The second-order valence-corrected chi connectivity index (χ2v) is 8.02. The van der Waals surface area contributed by atoms with Crippen molar-refractivity contribution in [2.45, 2.75) is 38.6 Å². The van der Waals surface area contributed by atoms with Crippen LogP contribution in [-0.4, -0.2) is 73.5 Å². The molecular weight excluding hydrogens is 389 g/mol. The third kappa shape index (κ3) is 4.48. The van der Waals surface area contributed by atoms with E-state index >= 15 is 0 Å². The molecule has 1 aromatic carbocycles. The Morgan fingerprint density at radius 2 is 1.97 bits per heavy atom. The summed E-state index contributed by atoms with van der Waals surface area (Å²) in [5, 5.41) is 2.83. The third-order valence-electron chi connectivity index (χ3n) is 6.30. The number of ether oxygens (including phenoxy) is 1. The van der Waals surface area contributed by atoms with E-state index in [4.69, 9.17) is 4.74 Å². The Hall–Kier alpha value is -2.48. The predicted molar refractivity (Wildman–Crippen MR) is 109 cm³/mol. The number of rotatable bonds is 7. The molecule has 7 nitrogen and oxygen atoms in total. The van der Waals surface area contributed by atoms with Gasteiger partial charge >= 0.3 is 0 Å². The zero-order valence-electron chi connectivity index (χ0n) is 17.7. The fraction of sp³-hybridized carbons (Fsp3) is 0.591. The molecule has 0 radical (unpaired) electrons. The molecule has 2 aliphatic rings. The lowest BCUT2D eigenvalue weighted by Crippen LogP contribution is -2.47. The molecular formula is C22H30FN3O4. The van der Waals surface area contributed by atoms with Gasteiger partial charge in [0, 0.05) is 33.3 Å². The molecule has 2 aliphatic heterocycles. The van der Waals surface area contributed by atoms with Crippen LogP contribution in [0, 0.1) is 11.2 Å². The molecule has 3 amide bonds. The van der Waals surface area contributed by atoms with Gasteiger partial charge in [0.15, 0.2) is 0 Å². The quantitative estimate of drug-likeness (QED) is 0.677. The SMILES string of the molecule is CCN1C(=O)C2(CCN(C(=O)Cc3ccccc3F)CC2)C[C@H]1C(=O)NCCOC. The molecule has 0 aliphatic carbocycles. The van der Waals surface area contributed by atoms with Gasteiger partial charge < -0.3 is 19.9 Å². The number of hydrogen-bond donors (Lipinski definition) is 1. The Labute approximate surface area is 176 Å². The monoisotopic (exact) mass is 419 g/mol. The van der Waals surface area contributed by atoms with E-state index in [1.165, 1.54) is 6.07 Å². The summed E-state index contributed by atoms with van der Waals surface area (Å²) in [5.74, 6) is -0.678. The Bertz CT molecular complexity index is 792. The number of carbonyl (C=O) groups is 3. The second-order valence-electron chi connectivity index (χ2n) is 8.02. The maximum atomic E-state index is 13.9. The van der Waals surface area contributed by atoms with E-state index in [0.29, 0.717) is 57.6 Å². The molecule has 1 atom stereocenters. The Morgan fingerprint density at radius 1 is 1.27 bits per heavy atom. The lowest BCUT2D eigenvalue weighted by Gasteiger charge is -2.38. The number of nitrogens with one attached hydrogen (secondary N) is 1. The molecule has 30 heavy (non-hydrogen) atoms. The van der Waals surface area contributed by atoms with Crippen LogP contribution in [0.2, 0.25) is 0 Å². The van der Waals surface area contributed by atoms with Crippen molar-refractivity contribution in [2.75, 3.05) is 39.9 Å². The van der Waals surface area contributed by atoms with Gasteiger partial charge in [-0.2, -0.15) is 0 Å². The highest BCUT2D eigenvalue weighted by molar-refractivity contribution is 5.94. The van der Waals surface area contributed by atoms with Crippen molar-refractivity contribution in [3.8, 4) is 0 Å². The van der Waals surface area contributed by atoms with Crippen LogP contribution in [0.4, 0.5) is 4.39 Å². The Morgan fingerprint density at radius 3 is 2.60 bits per heavy atom. The van der Waals surface area contributed by atoms with Gasteiger partial charge in [-0.05, 0) is 37.8 Å². The standard InChI is InChI=1S/C22H30FN3O4/c1-3-26-18(20(28)24-10-13-30-2)15-22(21(26)29)8-11-25(12-9-22)19(27)14-16-6-4-5-7-17(16)23/h4-7,18H,3,8-15H2,1-2H3,(H,24,28)/t18-/m0/s1. The minimum atomic E-state index is -0.603. The van der Waals surface area contributed by atoms with Gasteiger partial charge in [-0.3, -0.25) is 14.4 Å². The van der Waals surface area contributed by atoms with E-state index in [0.717, 1.165) is 0 Å². The molecule has 2 fully saturated rings. The topological polar surface area (TPSA) is 79.0 Å². The summed E-state index contributed by atoms with van der Waals surface area (Å²) in [4.78, 5) is 41.7. The largest absolute Gasteiger partial charge is 0.383 e. The number of nitrogens with zero attached hydrogens (tertiary/aromatic N) is 2. The fourth-order valence-corrected chi connectivity index (χ4v) is 4.52. The normalized spacial score (nSPS) is 20.6. The number of likely N-dealkylation sites (N-methyl/N-ethyl adjacent to an activating group) is 1. The van der Waals surface area contributed by atoms with E-state index in [1.54, 1.807) is 35.1 Å². The Balaban J connectivity index is 1.62. The van der Waals surface area contributed by atoms with Crippen LogP contribution in [0.25, 0.3) is 0 Å². The molecule has 8 heteroatoms. The first kappa shape index (κ1) is 22.2. The first-order valence-electron chi connectivity index (χ1n) is 10.5. The second kappa shape index (κ2) is 9.55. The van der Waals surface area contributed by atoms with Gasteiger partial charge in [-0.1, -0.05) is 18.2 Å². The van der Waals surface area contributed by atoms with Crippen LogP contribution in [0.15, 0.2) is 24.3 Å². The highest BCUT2D eigenvalue weighted by Crippen LogP contribution is 2.44. The molecule has 164 valence electrons. The molecule has 0 bridgehead atoms. The van der Waals surface area contributed by atoms with Gasteiger partial charge in [0.1, 0.15) is 11.9 Å². The lowest BCUT2D eigenvalue weighted by atomic mass is 9.76. The van der Waals surface area contributed by atoms with Crippen molar-refractivity contribution in [2.24, 2.45) is 5.41 Å². The zero-order valence-corrected chi connectivity index (χ0v) is 17.7. The molecule has 1 N–H and O–H groups in total. The number of benzene rings is 1. The van der Waals surface area contributed by atoms with E-state index in [1.807, 2.05) is 6.92 Å². The third-order valence-corrected chi connectivity index (χ3v) is 6.30. The zero-order chi connectivity index (χ0) is 21.7. The lowest BCUT2D eigenvalue weighted by molar-refractivity contribution is -0.143. The minimum absolute atomic E-state index is 0.00176. The smallest absolute Gasteiger partial charge is 0.242 e. The van der Waals surface area contributed by atoms with Crippen LogP contribution in [0.5, 0.6) is 0 Å². The molecule has 2 saturated heterocycles.